The Morgan fingerprint density at radius 3 is 2.23 bits per heavy atom. The van der Waals surface area contributed by atoms with Gasteiger partial charge in [-0.05, 0) is 29.8 Å². The summed E-state index contributed by atoms with van der Waals surface area (Å²) in [4.78, 5) is 16.3. The first-order valence-corrected chi connectivity index (χ1v) is 9.06. The summed E-state index contributed by atoms with van der Waals surface area (Å²) in [5.74, 6) is -0.550. The molecule has 0 atom stereocenters. The van der Waals surface area contributed by atoms with Crippen LogP contribution in [-0.2, 0) is 21.8 Å². The number of rotatable bonds is 4. The number of primary sulfonamides is 1. The smallest absolute Gasteiger partial charge is 0.356 e. The van der Waals surface area contributed by atoms with Crippen molar-refractivity contribution < 1.29 is 17.9 Å². The van der Waals surface area contributed by atoms with E-state index in [1.54, 1.807) is 43.7 Å². The predicted molar refractivity (Wildman–Crippen MR) is 94.6 cm³/mol. The Morgan fingerprint density at radius 2 is 1.69 bits per heavy atom. The zero-order chi connectivity index (χ0) is 18.9. The lowest BCUT2D eigenvalue weighted by molar-refractivity contribution is 0.0589. The molecule has 2 heterocycles. The monoisotopic (exact) mass is 372 g/mol. The molecule has 0 aliphatic carbocycles. The highest BCUT2D eigenvalue weighted by molar-refractivity contribution is 7.89. The van der Waals surface area contributed by atoms with Gasteiger partial charge in [0.05, 0.1) is 12.0 Å². The maximum absolute atomic E-state index is 12.3. The van der Waals surface area contributed by atoms with Crippen LogP contribution in [0.3, 0.4) is 0 Å². The molecule has 0 bridgehead atoms. The molecule has 134 valence electrons. The van der Waals surface area contributed by atoms with E-state index in [0.29, 0.717) is 16.8 Å². The molecule has 26 heavy (non-hydrogen) atoms. The first kappa shape index (κ1) is 17.8. The Morgan fingerprint density at radius 1 is 1.08 bits per heavy atom. The third-order valence-electron chi connectivity index (χ3n) is 3.85. The van der Waals surface area contributed by atoms with E-state index < -0.39 is 16.0 Å². The average molecular weight is 372 g/mol. The molecular formula is C17H16N4O4S. The van der Waals surface area contributed by atoms with Gasteiger partial charge in [0.15, 0.2) is 5.69 Å². The van der Waals surface area contributed by atoms with Crippen LogP contribution in [0.4, 0.5) is 0 Å². The number of benzene rings is 1. The molecule has 8 nitrogen and oxygen atoms in total. The number of nitrogens with two attached hydrogens (primary N) is 1. The van der Waals surface area contributed by atoms with Crippen LogP contribution in [0.5, 0.6) is 0 Å². The maximum Gasteiger partial charge on any atom is 0.356 e. The van der Waals surface area contributed by atoms with Crippen molar-refractivity contribution in [3.05, 3.63) is 54.5 Å². The summed E-state index contributed by atoms with van der Waals surface area (Å²) in [5.41, 5.74) is 2.71. The van der Waals surface area contributed by atoms with Crippen molar-refractivity contribution in [3.63, 3.8) is 0 Å². The third-order valence-corrected chi connectivity index (χ3v) is 4.78. The number of ether oxygens (including phenoxy) is 1. The zero-order valence-corrected chi connectivity index (χ0v) is 14.9. The lowest BCUT2D eigenvalue weighted by atomic mass is 9.99. The van der Waals surface area contributed by atoms with Gasteiger partial charge in [-0.1, -0.05) is 12.1 Å². The van der Waals surface area contributed by atoms with Crippen LogP contribution >= 0.6 is 0 Å². The van der Waals surface area contributed by atoms with E-state index in [-0.39, 0.29) is 10.6 Å². The van der Waals surface area contributed by atoms with Gasteiger partial charge in [0.1, 0.15) is 5.69 Å². The van der Waals surface area contributed by atoms with Crippen LogP contribution in [-0.4, -0.2) is 36.3 Å². The maximum atomic E-state index is 12.3. The van der Waals surface area contributed by atoms with Gasteiger partial charge in [-0.25, -0.2) is 18.4 Å². The lowest BCUT2D eigenvalue weighted by Gasteiger charge is -2.07. The van der Waals surface area contributed by atoms with Gasteiger partial charge >= 0.3 is 5.97 Å². The van der Waals surface area contributed by atoms with Gasteiger partial charge in [0.2, 0.25) is 10.0 Å². The highest BCUT2D eigenvalue weighted by atomic mass is 32.2. The number of aromatic nitrogens is 3. The first-order chi connectivity index (χ1) is 12.3. The summed E-state index contributed by atoms with van der Waals surface area (Å²) in [6, 6.07) is 9.46. The van der Waals surface area contributed by atoms with E-state index in [1.165, 1.54) is 23.9 Å². The van der Waals surface area contributed by atoms with E-state index in [1.807, 2.05) is 0 Å². The number of carbonyl (C=O) groups is 1. The molecule has 0 saturated heterocycles. The number of sulfonamides is 1. The zero-order valence-electron chi connectivity index (χ0n) is 14.1. The minimum atomic E-state index is -3.81. The molecule has 0 aliphatic heterocycles. The Hall–Kier alpha value is -3.04. The first-order valence-electron chi connectivity index (χ1n) is 7.52. The number of methoxy groups -OCH3 is 1. The van der Waals surface area contributed by atoms with E-state index in [2.05, 4.69) is 10.1 Å². The Balaban J connectivity index is 2.26. The highest BCUT2D eigenvalue weighted by Gasteiger charge is 2.25. The number of hydrogen-bond acceptors (Lipinski definition) is 6. The summed E-state index contributed by atoms with van der Waals surface area (Å²) in [6.45, 7) is 0. The van der Waals surface area contributed by atoms with E-state index >= 15 is 0 Å². The van der Waals surface area contributed by atoms with Crippen molar-refractivity contribution in [2.45, 2.75) is 4.90 Å². The topological polar surface area (TPSA) is 117 Å². The standard InChI is InChI=1S/C17H16N4O4S/c1-21-16(17(22)25-2)14(15(20-21)12-7-9-19-10-8-12)11-3-5-13(6-4-11)26(18,23)24/h3-10H,1-2H3,(H2,18,23,24). The van der Waals surface area contributed by atoms with Gasteiger partial charge in [-0.15, -0.1) is 0 Å². The molecule has 0 amide bonds. The van der Waals surface area contributed by atoms with Crippen molar-refractivity contribution in [1.82, 2.24) is 14.8 Å². The summed E-state index contributed by atoms with van der Waals surface area (Å²) >= 11 is 0. The number of carbonyl (C=O) groups excluding carboxylic acids is 1. The Kier molecular flexibility index (Phi) is 4.58. The summed E-state index contributed by atoms with van der Waals surface area (Å²) in [6.07, 6.45) is 3.24. The van der Waals surface area contributed by atoms with Crippen molar-refractivity contribution in [2.75, 3.05) is 7.11 Å². The summed E-state index contributed by atoms with van der Waals surface area (Å²) < 4.78 is 29.3. The summed E-state index contributed by atoms with van der Waals surface area (Å²) in [7, 11) is -0.886. The number of esters is 1. The summed E-state index contributed by atoms with van der Waals surface area (Å²) in [5, 5.41) is 9.59. The van der Waals surface area contributed by atoms with Crippen LogP contribution in [0, 0.1) is 0 Å². The number of pyridine rings is 1. The van der Waals surface area contributed by atoms with Gasteiger partial charge in [0, 0.05) is 30.6 Å². The number of hydrogen-bond donors (Lipinski definition) is 1. The highest BCUT2D eigenvalue weighted by Crippen LogP contribution is 2.34. The molecule has 0 aliphatic rings. The van der Waals surface area contributed by atoms with Gasteiger partial charge in [0.25, 0.3) is 0 Å². The quantitative estimate of drug-likeness (QED) is 0.695. The van der Waals surface area contributed by atoms with Crippen LogP contribution in [0.15, 0.2) is 53.7 Å². The van der Waals surface area contributed by atoms with Crippen LogP contribution in [0.25, 0.3) is 22.4 Å². The van der Waals surface area contributed by atoms with E-state index in [4.69, 9.17) is 9.88 Å². The minimum Gasteiger partial charge on any atom is -0.464 e. The molecular weight excluding hydrogens is 356 g/mol. The molecule has 9 heteroatoms. The van der Waals surface area contributed by atoms with Crippen LogP contribution < -0.4 is 5.14 Å². The van der Waals surface area contributed by atoms with Crippen LogP contribution in [0.1, 0.15) is 10.5 Å². The molecule has 0 saturated carbocycles. The molecule has 3 aromatic rings. The molecule has 2 aromatic heterocycles. The number of nitrogens with zero attached hydrogens (tertiary/aromatic N) is 3. The molecule has 0 radical (unpaired) electrons. The second-order valence-electron chi connectivity index (χ2n) is 5.49. The normalized spacial score (nSPS) is 11.3. The minimum absolute atomic E-state index is 0.0183. The van der Waals surface area contributed by atoms with E-state index in [0.717, 1.165) is 5.56 Å². The Bertz CT molecular complexity index is 1060. The number of aryl methyl sites for hydroxylation is 1. The molecule has 3 rings (SSSR count). The average Bonchev–Trinajstić information content (AvgIpc) is 2.98. The molecule has 0 spiro atoms. The second kappa shape index (κ2) is 6.70. The lowest BCUT2D eigenvalue weighted by Crippen LogP contribution is -2.12. The van der Waals surface area contributed by atoms with Gasteiger partial charge in [-0.3, -0.25) is 9.67 Å². The van der Waals surface area contributed by atoms with Crippen molar-refractivity contribution in [3.8, 4) is 22.4 Å². The predicted octanol–water partition coefficient (Wildman–Crippen LogP) is 1.58. The van der Waals surface area contributed by atoms with E-state index in [9.17, 15) is 13.2 Å². The molecule has 0 fully saturated rings. The van der Waals surface area contributed by atoms with Crippen molar-refractivity contribution in [2.24, 2.45) is 12.2 Å². The second-order valence-corrected chi connectivity index (χ2v) is 7.05. The fourth-order valence-corrected chi connectivity index (χ4v) is 3.17. The molecule has 2 N–H and O–H groups in total. The Labute approximate surface area is 150 Å². The SMILES string of the molecule is COC(=O)c1c(-c2ccc(S(N)(=O)=O)cc2)c(-c2ccncc2)nn1C. The van der Waals surface area contributed by atoms with Crippen molar-refractivity contribution in [1.29, 1.82) is 0 Å². The van der Waals surface area contributed by atoms with Crippen LogP contribution in [0.2, 0.25) is 0 Å². The van der Waals surface area contributed by atoms with Crippen molar-refractivity contribution >= 4 is 16.0 Å². The largest absolute Gasteiger partial charge is 0.464 e. The fraction of sp³-hybridized carbons (Fsp3) is 0.118. The van der Waals surface area contributed by atoms with Gasteiger partial charge < -0.3 is 4.74 Å². The third kappa shape index (κ3) is 3.22. The fourth-order valence-electron chi connectivity index (χ4n) is 2.65. The van der Waals surface area contributed by atoms with Gasteiger partial charge in [-0.2, -0.15) is 5.10 Å². The molecule has 1 aromatic carbocycles. The molecule has 0 unspecified atom stereocenters.